The monoisotopic (exact) mass is 504 g/mol. The maximum Gasteiger partial charge on any atom is 0.231 e. The van der Waals surface area contributed by atoms with Gasteiger partial charge in [-0.3, -0.25) is 4.90 Å². The molecule has 2 heterocycles. The molecule has 8 heteroatoms. The van der Waals surface area contributed by atoms with Gasteiger partial charge < -0.3 is 24.8 Å². The van der Waals surface area contributed by atoms with Crippen molar-refractivity contribution in [2.24, 2.45) is 10.9 Å². The van der Waals surface area contributed by atoms with Gasteiger partial charge in [0.25, 0.3) is 0 Å². The lowest BCUT2D eigenvalue weighted by atomic mass is 10.0. The van der Waals surface area contributed by atoms with Gasteiger partial charge in [-0.2, -0.15) is 0 Å². The van der Waals surface area contributed by atoms with Crippen LogP contribution in [0.25, 0.3) is 0 Å². The third kappa shape index (κ3) is 6.38. The van der Waals surface area contributed by atoms with E-state index in [9.17, 15) is 0 Å². The number of benzene rings is 1. The molecule has 2 aliphatic heterocycles. The van der Waals surface area contributed by atoms with E-state index in [0.29, 0.717) is 25.3 Å². The number of aliphatic imine (C=N–C) groups is 1. The molecule has 0 radical (unpaired) electrons. The predicted octanol–water partition coefficient (Wildman–Crippen LogP) is 2.45. The molecule has 158 valence electrons. The van der Waals surface area contributed by atoms with Crippen molar-refractivity contribution in [2.75, 3.05) is 46.2 Å². The molecular weight excluding hydrogens is 471 g/mol. The van der Waals surface area contributed by atoms with E-state index in [1.165, 1.54) is 0 Å². The minimum absolute atomic E-state index is 0. The number of rotatable bonds is 7. The number of ether oxygens (including phenoxy) is 3. The number of nitrogens with zero attached hydrogens (tertiary/aromatic N) is 2. The first kappa shape index (κ1) is 23.0. The van der Waals surface area contributed by atoms with Gasteiger partial charge in [0.05, 0.1) is 19.8 Å². The molecule has 0 bridgehead atoms. The van der Waals surface area contributed by atoms with E-state index >= 15 is 0 Å². The first-order valence-corrected chi connectivity index (χ1v) is 9.90. The van der Waals surface area contributed by atoms with Gasteiger partial charge in [0, 0.05) is 32.2 Å². The second-order valence-electron chi connectivity index (χ2n) is 7.22. The Bertz CT molecular complexity index is 636. The quantitative estimate of drug-likeness (QED) is 0.338. The van der Waals surface area contributed by atoms with Crippen molar-refractivity contribution in [3.8, 4) is 11.5 Å². The Morgan fingerprint density at radius 1 is 1.14 bits per heavy atom. The topological polar surface area (TPSA) is 67.4 Å². The second kappa shape index (κ2) is 11.7. The summed E-state index contributed by atoms with van der Waals surface area (Å²) in [4.78, 5) is 7.26. The number of morpholine rings is 1. The van der Waals surface area contributed by atoms with E-state index in [2.05, 4.69) is 36.3 Å². The van der Waals surface area contributed by atoms with Crippen LogP contribution in [0.5, 0.6) is 11.5 Å². The number of hydrogen-bond donors (Lipinski definition) is 2. The third-order valence-corrected chi connectivity index (χ3v) is 4.96. The van der Waals surface area contributed by atoms with Gasteiger partial charge in [0.2, 0.25) is 6.79 Å². The van der Waals surface area contributed by atoms with E-state index < -0.39 is 0 Å². The predicted molar refractivity (Wildman–Crippen MR) is 122 cm³/mol. The molecule has 1 fully saturated rings. The summed E-state index contributed by atoms with van der Waals surface area (Å²) in [7, 11) is 0. The number of hydrogen-bond acceptors (Lipinski definition) is 5. The van der Waals surface area contributed by atoms with Crippen LogP contribution < -0.4 is 20.1 Å². The summed E-state index contributed by atoms with van der Waals surface area (Å²) < 4.78 is 16.3. The zero-order valence-electron chi connectivity index (χ0n) is 17.1. The van der Waals surface area contributed by atoms with Crippen LogP contribution in [0, 0.1) is 5.92 Å². The highest BCUT2D eigenvalue weighted by atomic mass is 127. The fraction of sp³-hybridized carbons (Fsp3) is 0.650. The minimum atomic E-state index is 0. The lowest BCUT2D eigenvalue weighted by Gasteiger charge is -2.37. The van der Waals surface area contributed by atoms with Crippen molar-refractivity contribution in [1.82, 2.24) is 15.5 Å². The van der Waals surface area contributed by atoms with Crippen LogP contribution in [-0.2, 0) is 11.3 Å². The fourth-order valence-corrected chi connectivity index (χ4v) is 3.45. The van der Waals surface area contributed by atoms with Crippen LogP contribution in [0.3, 0.4) is 0 Å². The Hall–Kier alpha value is -1.26. The van der Waals surface area contributed by atoms with Crippen molar-refractivity contribution in [3.63, 3.8) is 0 Å². The summed E-state index contributed by atoms with van der Waals surface area (Å²) in [5.74, 6) is 3.01. The molecule has 1 aromatic carbocycles. The maximum absolute atomic E-state index is 5.50. The largest absolute Gasteiger partial charge is 0.454 e. The van der Waals surface area contributed by atoms with Crippen molar-refractivity contribution in [3.05, 3.63) is 23.8 Å². The summed E-state index contributed by atoms with van der Waals surface area (Å²) in [5, 5.41) is 6.86. The second-order valence-corrected chi connectivity index (χ2v) is 7.22. The first-order chi connectivity index (χ1) is 13.2. The van der Waals surface area contributed by atoms with Gasteiger partial charge in [-0.25, -0.2) is 4.99 Å². The standard InChI is InChI=1S/C20H32N4O3.HI/c1-4-21-20(22-12-16-5-6-18-19(11-16)27-14-26-18)23-13-17(15(2)3)24-7-9-25-10-8-24;/h5-6,11,15,17H,4,7-10,12-14H2,1-3H3,(H2,21,22,23);1H. The minimum Gasteiger partial charge on any atom is -0.454 e. The van der Waals surface area contributed by atoms with Crippen molar-refractivity contribution >= 4 is 29.9 Å². The van der Waals surface area contributed by atoms with Gasteiger partial charge in [-0.05, 0) is 30.5 Å². The molecule has 1 atom stereocenters. The first-order valence-electron chi connectivity index (χ1n) is 9.90. The Balaban J connectivity index is 0.00000280. The molecule has 2 aliphatic rings. The van der Waals surface area contributed by atoms with E-state index in [1.54, 1.807) is 0 Å². The smallest absolute Gasteiger partial charge is 0.231 e. The van der Waals surface area contributed by atoms with E-state index in [4.69, 9.17) is 19.2 Å². The number of halogens is 1. The van der Waals surface area contributed by atoms with Crippen LogP contribution in [-0.4, -0.2) is 63.1 Å². The van der Waals surface area contributed by atoms with Crippen LogP contribution in [0.1, 0.15) is 26.3 Å². The fourth-order valence-electron chi connectivity index (χ4n) is 3.45. The van der Waals surface area contributed by atoms with Gasteiger partial charge in [-0.15, -0.1) is 24.0 Å². The Morgan fingerprint density at radius 3 is 2.61 bits per heavy atom. The molecule has 0 spiro atoms. The van der Waals surface area contributed by atoms with E-state index in [-0.39, 0.29) is 24.0 Å². The molecule has 0 amide bonds. The van der Waals surface area contributed by atoms with E-state index in [1.807, 2.05) is 18.2 Å². The van der Waals surface area contributed by atoms with Crippen LogP contribution in [0.2, 0.25) is 0 Å². The average molecular weight is 504 g/mol. The molecule has 3 rings (SSSR count). The van der Waals surface area contributed by atoms with Gasteiger partial charge in [-0.1, -0.05) is 19.9 Å². The van der Waals surface area contributed by atoms with E-state index in [0.717, 1.165) is 62.4 Å². The highest BCUT2D eigenvalue weighted by Crippen LogP contribution is 2.32. The third-order valence-electron chi connectivity index (χ3n) is 4.96. The Labute approximate surface area is 185 Å². The SMILES string of the molecule is CCNC(=NCc1ccc2c(c1)OCO2)NCC(C(C)C)N1CCOCC1.I. The highest BCUT2D eigenvalue weighted by Gasteiger charge is 2.23. The van der Waals surface area contributed by atoms with Crippen LogP contribution in [0.15, 0.2) is 23.2 Å². The van der Waals surface area contributed by atoms with Gasteiger partial charge in [0.1, 0.15) is 0 Å². The number of nitrogens with one attached hydrogen (secondary N) is 2. The summed E-state index contributed by atoms with van der Waals surface area (Å²) in [6.07, 6.45) is 0. The molecule has 28 heavy (non-hydrogen) atoms. The zero-order valence-corrected chi connectivity index (χ0v) is 19.4. The molecule has 2 N–H and O–H groups in total. The lowest BCUT2D eigenvalue weighted by Crippen LogP contribution is -2.52. The molecule has 0 aliphatic carbocycles. The van der Waals surface area contributed by atoms with Crippen LogP contribution >= 0.6 is 24.0 Å². The summed E-state index contributed by atoms with van der Waals surface area (Å²) in [6.45, 7) is 12.9. The van der Waals surface area contributed by atoms with Crippen molar-refractivity contribution < 1.29 is 14.2 Å². The van der Waals surface area contributed by atoms with Crippen molar-refractivity contribution in [1.29, 1.82) is 0 Å². The summed E-state index contributed by atoms with van der Waals surface area (Å²) in [6, 6.07) is 6.44. The zero-order chi connectivity index (χ0) is 19.1. The molecule has 0 saturated carbocycles. The van der Waals surface area contributed by atoms with Crippen LogP contribution in [0.4, 0.5) is 0 Å². The maximum atomic E-state index is 5.50. The molecule has 1 unspecified atom stereocenters. The summed E-state index contributed by atoms with van der Waals surface area (Å²) >= 11 is 0. The molecule has 0 aromatic heterocycles. The normalized spacial score (nSPS) is 17.9. The van der Waals surface area contributed by atoms with Gasteiger partial charge in [0.15, 0.2) is 17.5 Å². The lowest BCUT2D eigenvalue weighted by molar-refractivity contribution is 0.00752. The molecule has 1 aromatic rings. The average Bonchev–Trinajstić information content (AvgIpc) is 3.14. The van der Waals surface area contributed by atoms with Gasteiger partial charge >= 0.3 is 0 Å². The Kier molecular flexibility index (Phi) is 9.60. The molecule has 7 nitrogen and oxygen atoms in total. The molecular formula is C20H33IN4O3. The highest BCUT2D eigenvalue weighted by molar-refractivity contribution is 14.0. The summed E-state index contributed by atoms with van der Waals surface area (Å²) in [5.41, 5.74) is 1.10. The number of guanidine groups is 1. The van der Waals surface area contributed by atoms with Crippen molar-refractivity contribution in [2.45, 2.75) is 33.4 Å². The molecule has 1 saturated heterocycles. The number of fused-ring (bicyclic) bond motifs is 1. The Morgan fingerprint density at radius 2 is 1.89 bits per heavy atom.